The average molecular weight is 268 g/mol. The second-order valence-electron chi connectivity index (χ2n) is 4.80. The molecule has 5 heteroatoms. The maximum atomic E-state index is 11.9. The highest BCUT2D eigenvalue weighted by Gasteiger charge is 2.17. The number of aromatic nitrogens is 1. The molecule has 1 fully saturated rings. The van der Waals surface area contributed by atoms with E-state index in [9.17, 15) is 4.79 Å². The lowest BCUT2D eigenvalue weighted by Gasteiger charge is -2.22. The van der Waals surface area contributed by atoms with E-state index in [0.717, 1.165) is 31.5 Å². The van der Waals surface area contributed by atoms with Crippen molar-refractivity contribution in [2.75, 3.05) is 18.4 Å². The zero-order valence-electron chi connectivity index (χ0n) is 10.5. The molecule has 4 nitrogen and oxygen atoms in total. The minimum absolute atomic E-state index is 0.0243. The van der Waals surface area contributed by atoms with Crippen LogP contribution in [0.25, 0.3) is 0 Å². The molecule has 0 bridgehead atoms. The fourth-order valence-corrected chi connectivity index (χ4v) is 2.34. The summed E-state index contributed by atoms with van der Waals surface area (Å²) in [7, 11) is 0. The molecule has 1 amide bonds. The van der Waals surface area contributed by atoms with Crippen molar-refractivity contribution in [2.24, 2.45) is 5.92 Å². The maximum absolute atomic E-state index is 11.9. The first-order chi connectivity index (χ1) is 8.65. The van der Waals surface area contributed by atoms with Gasteiger partial charge in [-0.2, -0.15) is 0 Å². The smallest absolute Gasteiger partial charge is 0.224 e. The molecule has 0 unspecified atom stereocenters. The highest BCUT2D eigenvalue weighted by Crippen LogP contribution is 2.22. The number of aryl methyl sites for hydroxylation is 1. The van der Waals surface area contributed by atoms with Gasteiger partial charge in [-0.15, -0.1) is 0 Å². The molecule has 1 aliphatic rings. The van der Waals surface area contributed by atoms with Gasteiger partial charge in [0.1, 0.15) is 0 Å². The lowest BCUT2D eigenvalue weighted by molar-refractivity contribution is -0.117. The van der Waals surface area contributed by atoms with Crippen molar-refractivity contribution < 1.29 is 4.79 Å². The van der Waals surface area contributed by atoms with Crippen LogP contribution in [0.1, 0.15) is 24.8 Å². The molecular weight excluding hydrogens is 250 g/mol. The van der Waals surface area contributed by atoms with Gasteiger partial charge in [0.2, 0.25) is 5.91 Å². The highest BCUT2D eigenvalue weighted by molar-refractivity contribution is 6.32. The van der Waals surface area contributed by atoms with E-state index < -0.39 is 0 Å². The first-order valence-corrected chi connectivity index (χ1v) is 6.65. The van der Waals surface area contributed by atoms with Gasteiger partial charge in [-0.25, -0.2) is 4.98 Å². The molecule has 0 aliphatic carbocycles. The van der Waals surface area contributed by atoms with E-state index in [1.54, 1.807) is 6.20 Å². The summed E-state index contributed by atoms with van der Waals surface area (Å²) in [5, 5.41) is 6.48. The fourth-order valence-electron chi connectivity index (χ4n) is 2.19. The second-order valence-corrected chi connectivity index (χ2v) is 5.15. The summed E-state index contributed by atoms with van der Waals surface area (Å²) in [6.07, 6.45) is 4.37. The van der Waals surface area contributed by atoms with Gasteiger partial charge in [-0.05, 0) is 50.4 Å². The monoisotopic (exact) mass is 267 g/mol. The number of halogens is 1. The first kappa shape index (κ1) is 13.3. The van der Waals surface area contributed by atoms with E-state index in [4.69, 9.17) is 11.6 Å². The van der Waals surface area contributed by atoms with Gasteiger partial charge in [0.25, 0.3) is 0 Å². The molecule has 18 heavy (non-hydrogen) atoms. The summed E-state index contributed by atoms with van der Waals surface area (Å²) >= 11 is 5.95. The van der Waals surface area contributed by atoms with Gasteiger partial charge in [0.15, 0.2) is 5.15 Å². The summed E-state index contributed by atoms with van der Waals surface area (Å²) in [5.41, 5.74) is 1.59. The molecular formula is C13H18ClN3O. The molecule has 2 heterocycles. The largest absolute Gasteiger partial charge is 0.323 e. The third kappa shape index (κ3) is 3.68. The quantitative estimate of drug-likeness (QED) is 0.827. The minimum atomic E-state index is 0.0243. The molecule has 2 N–H and O–H groups in total. The summed E-state index contributed by atoms with van der Waals surface area (Å²) in [6.45, 7) is 3.93. The van der Waals surface area contributed by atoms with Crippen molar-refractivity contribution >= 4 is 23.2 Å². The van der Waals surface area contributed by atoms with E-state index >= 15 is 0 Å². The van der Waals surface area contributed by atoms with Gasteiger partial charge < -0.3 is 10.6 Å². The van der Waals surface area contributed by atoms with Gasteiger partial charge in [-0.3, -0.25) is 4.79 Å². The van der Waals surface area contributed by atoms with Gasteiger partial charge >= 0.3 is 0 Å². The van der Waals surface area contributed by atoms with Crippen LogP contribution >= 0.6 is 11.6 Å². The maximum Gasteiger partial charge on any atom is 0.224 e. The Kier molecular flexibility index (Phi) is 4.55. The number of anilines is 1. The Labute approximate surface area is 112 Å². The number of nitrogens with one attached hydrogen (secondary N) is 2. The highest BCUT2D eigenvalue weighted by atomic mass is 35.5. The Bertz CT molecular complexity index is 430. The van der Waals surface area contributed by atoms with E-state index in [-0.39, 0.29) is 5.91 Å². The Morgan fingerprint density at radius 2 is 2.28 bits per heavy atom. The molecule has 1 aromatic heterocycles. The number of hydrogen-bond acceptors (Lipinski definition) is 3. The van der Waals surface area contributed by atoms with Crippen LogP contribution in [-0.2, 0) is 4.79 Å². The van der Waals surface area contributed by atoms with Gasteiger partial charge in [-0.1, -0.05) is 11.6 Å². The molecule has 0 spiro atoms. The molecule has 0 radical (unpaired) electrons. The molecule has 2 rings (SSSR count). The van der Waals surface area contributed by atoms with Crippen molar-refractivity contribution in [3.63, 3.8) is 0 Å². The first-order valence-electron chi connectivity index (χ1n) is 6.28. The topological polar surface area (TPSA) is 54.0 Å². The van der Waals surface area contributed by atoms with Crippen LogP contribution in [0.3, 0.4) is 0 Å². The number of nitrogens with zero attached hydrogens (tertiary/aromatic N) is 1. The number of rotatable bonds is 3. The zero-order chi connectivity index (χ0) is 13.0. The number of piperidine rings is 1. The second kappa shape index (κ2) is 6.16. The number of carbonyl (C=O) groups excluding carboxylic acids is 1. The van der Waals surface area contributed by atoms with Crippen LogP contribution in [0, 0.1) is 12.8 Å². The Morgan fingerprint density at radius 3 is 3.00 bits per heavy atom. The van der Waals surface area contributed by atoms with Crippen LogP contribution < -0.4 is 10.6 Å². The molecule has 0 saturated carbocycles. The van der Waals surface area contributed by atoms with Crippen molar-refractivity contribution in [1.82, 2.24) is 10.3 Å². The standard InChI is InChI=1S/C13H18ClN3O/c1-9-6-11(13(14)16-8-9)17-12(18)7-10-2-4-15-5-3-10/h6,8,10,15H,2-5,7H2,1H3,(H,17,18). The summed E-state index contributed by atoms with van der Waals surface area (Å²) < 4.78 is 0. The van der Waals surface area contributed by atoms with Crippen LogP contribution in [0.15, 0.2) is 12.3 Å². The van der Waals surface area contributed by atoms with Crippen molar-refractivity contribution in [3.05, 3.63) is 23.0 Å². The van der Waals surface area contributed by atoms with Gasteiger partial charge in [0.05, 0.1) is 5.69 Å². The Hall–Kier alpha value is -1.13. The molecule has 1 aliphatic heterocycles. The van der Waals surface area contributed by atoms with Crippen molar-refractivity contribution in [1.29, 1.82) is 0 Å². The van der Waals surface area contributed by atoms with E-state index in [0.29, 0.717) is 23.2 Å². The van der Waals surface area contributed by atoms with E-state index in [1.165, 1.54) is 0 Å². The SMILES string of the molecule is Cc1cnc(Cl)c(NC(=O)CC2CCNCC2)c1. The number of amides is 1. The summed E-state index contributed by atoms with van der Waals surface area (Å²) in [5.74, 6) is 0.499. The lowest BCUT2D eigenvalue weighted by Crippen LogP contribution is -2.30. The van der Waals surface area contributed by atoms with Crippen molar-refractivity contribution in [2.45, 2.75) is 26.2 Å². The fraction of sp³-hybridized carbons (Fsp3) is 0.538. The molecule has 98 valence electrons. The van der Waals surface area contributed by atoms with Crippen molar-refractivity contribution in [3.8, 4) is 0 Å². The minimum Gasteiger partial charge on any atom is -0.323 e. The molecule has 1 aromatic rings. The Morgan fingerprint density at radius 1 is 1.56 bits per heavy atom. The molecule has 0 aromatic carbocycles. The third-order valence-corrected chi connectivity index (χ3v) is 3.48. The van der Waals surface area contributed by atoms with Crippen LogP contribution in [0.2, 0.25) is 5.15 Å². The van der Waals surface area contributed by atoms with E-state index in [2.05, 4.69) is 15.6 Å². The zero-order valence-corrected chi connectivity index (χ0v) is 11.3. The predicted octanol–water partition coefficient (Wildman–Crippen LogP) is 2.37. The molecule has 0 atom stereocenters. The molecule has 1 saturated heterocycles. The predicted molar refractivity (Wildman–Crippen MR) is 72.8 cm³/mol. The summed E-state index contributed by atoms with van der Waals surface area (Å²) in [6, 6.07) is 1.84. The summed E-state index contributed by atoms with van der Waals surface area (Å²) in [4.78, 5) is 15.9. The number of hydrogen-bond donors (Lipinski definition) is 2. The number of pyridine rings is 1. The average Bonchev–Trinajstić information content (AvgIpc) is 2.35. The van der Waals surface area contributed by atoms with Crippen LogP contribution in [-0.4, -0.2) is 24.0 Å². The van der Waals surface area contributed by atoms with E-state index in [1.807, 2.05) is 13.0 Å². The third-order valence-electron chi connectivity index (χ3n) is 3.18. The lowest BCUT2D eigenvalue weighted by atomic mass is 9.94. The van der Waals surface area contributed by atoms with Crippen LogP contribution in [0.4, 0.5) is 5.69 Å². The number of carbonyl (C=O) groups is 1. The van der Waals surface area contributed by atoms with Crippen LogP contribution in [0.5, 0.6) is 0 Å². The van der Waals surface area contributed by atoms with Gasteiger partial charge in [0, 0.05) is 12.6 Å². The Balaban J connectivity index is 1.92. The normalized spacial score (nSPS) is 16.6.